The van der Waals surface area contributed by atoms with E-state index < -0.39 is 16.5 Å². The third-order valence-electron chi connectivity index (χ3n) is 5.51. The highest BCUT2D eigenvalue weighted by molar-refractivity contribution is 6.07. The van der Waals surface area contributed by atoms with E-state index in [0.717, 1.165) is 10.5 Å². The Morgan fingerprint density at radius 2 is 1.70 bits per heavy atom. The summed E-state index contributed by atoms with van der Waals surface area (Å²) in [6.45, 7) is 6.80. The van der Waals surface area contributed by atoms with Gasteiger partial charge in [0.25, 0.3) is 11.6 Å². The zero-order valence-corrected chi connectivity index (χ0v) is 17.6. The molecule has 1 heterocycles. The van der Waals surface area contributed by atoms with Gasteiger partial charge in [-0.15, -0.1) is 0 Å². The number of rotatable bonds is 7. The Balaban J connectivity index is 1.70. The molecule has 0 radical (unpaired) electrons. The Morgan fingerprint density at radius 3 is 2.23 bits per heavy atom. The molecule has 1 aliphatic rings. The van der Waals surface area contributed by atoms with Gasteiger partial charge in [-0.05, 0) is 36.1 Å². The highest BCUT2D eigenvalue weighted by Gasteiger charge is 2.50. The van der Waals surface area contributed by atoms with Crippen molar-refractivity contribution in [3.05, 3.63) is 75.3 Å². The molecule has 0 aliphatic carbocycles. The number of carbonyl (C=O) groups excluding carboxylic acids is 2. The lowest BCUT2D eigenvalue weighted by atomic mass is 9.92. The summed E-state index contributed by atoms with van der Waals surface area (Å²) < 4.78 is 0. The van der Waals surface area contributed by atoms with Gasteiger partial charge in [-0.1, -0.05) is 38.1 Å². The van der Waals surface area contributed by atoms with Gasteiger partial charge in [-0.2, -0.15) is 0 Å². The summed E-state index contributed by atoms with van der Waals surface area (Å²) in [4.78, 5) is 38.1. The Morgan fingerprint density at radius 1 is 1.10 bits per heavy atom. The molecule has 1 fully saturated rings. The monoisotopic (exact) mass is 411 g/mol. The minimum absolute atomic E-state index is 0.0661. The molecule has 8 heteroatoms. The lowest BCUT2D eigenvalue weighted by molar-refractivity contribution is -0.901. The molecule has 1 saturated heterocycles. The maximum Gasteiger partial charge on any atom is 0.329 e. The fourth-order valence-electron chi connectivity index (χ4n) is 3.65. The van der Waals surface area contributed by atoms with Gasteiger partial charge >= 0.3 is 6.03 Å². The average molecular weight is 411 g/mol. The third kappa shape index (κ3) is 4.18. The van der Waals surface area contributed by atoms with E-state index in [1.807, 2.05) is 7.05 Å². The fourth-order valence-corrected chi connectivity index (χ4v) is 3.65. The van der Waals surface area contributed by atoms with Crippen molar-refractivity contribution in [1.29, 1.82) is 0 Å². The maximum atomic E-state index is 13.1. The lowest BCUT2D eigenvalue weighted by Crippen LogP contribution is -3.09. The van der Waals surface area contributed by atoms with Crippen molar-refractivity contribution in [2.75, 3.05) is 13.7 Å². The van der Waals surface area contributed by atoms with Crippen LogP contribution in [0.3, 0.4) is 0 Å². The van der Waals surface area contributed by atoms with Gasteiger partial charge in [0.1, 0.15) is 12.1 Å². The SMILES string of the molecule is CC(C)c1ccc(C[NH+](C)CN2C(=O)N[C@](C)(c3ccc([N+](=O)[O-])cc3)C2=O)cc1. The third-order valence-corrected chi connectivity index (χ3v) is 5.51. The van der Waals surface area contributed by atoms with Crippen molar-refractivity contribution in [1.82, 2.24) is 10.2 Å². The van der Waals surface area contributed by atoms with E-state index in [1.165, 1.54) is 34.7 Å². The van der Waals surface area contributed by atoms with Crippen LogP contribution in [0.4, 0.5) is 10.5 Å². The minimum atomic E-state index is -1.24. The first-order valence-corrected chi connectivity index (χ1v) is 9.91. The van der Waals surface area contributed by atoms with E-state index in [1.54, 1.807) is 6.92 Å². The Labute approximate surface area is 175 Å². The van der Waals surface area contributed by atoms with Gasteiger partial charge in [0.2, 0.25) is 0 Å². The van der Waals surface area contributed by atoms with Crippen LogP contribution in [0.2, 0.25) is 0 Å². The van der Waals surface area contributed by atoms with Gasteiger partial charge < -0.3 is 10.2 Å². The van der Waals surface area contributed by atoms with Crippen molar-refractivity contribution < 1.29 is 19.4 Å². The van der Waals surface area contributed by atoms with Crippen LogP contribution in [0.5, 0.6) is 0 Å². The molecule has 158 valence electrons. The lowest BCUT2D eigenvalue weighted by Gasteiger charge is -2.23. The molecular weight excluding hydrogens is 384 g/mol. The highest BCUT2D eigenvalue weighted by atomic mass is 16.6. The molecular formula is C22H27N4O4+. The van der Waals surface area contributed by atoms with E-state index in [0.29, 0.717) is 18.0 Å². The summed E-state index contributed by atoms with van der Waals surface area (Å²) in [5.74, 6) is 0.100. The first kappa shape index (κ1) is 21.4. The summed E-state index contributed by atoms with van der Waals surface area (Å²) in [7, 11) is 1.93. The largest absolute Gasteiger partial charge is 0.329 e. The average Bonchev–Trinajstić information content (AvgIpc) is 2.92. The number of hydrogen-bond donors (Lipinski definition) is 2. The Kier molecular flexibility index (Phi) is 5.89. The quantitative estimate of drug-likeness (QED) is 0.415. The number of nitrogens with zero attached hydrogens (tertiary/aromatic N) is 2. The first-order chi connectivity index (χ1) is 14.1. The number of carbonyl (C=O) groups is 2. The van der Waals surface area contributed by atoms with Crippen LogP contribution < -0.4 is 10.2 Å². The van der Waals surface area contributed by atoms with Crippen LogP contribution in [0.1, 0.15) is 43.4 Å². The molecule has 1 aliphatic heterocycles. The van der Waals surface area contributed by atoms with Crippen LogP contribution in [0.25, 0.3) is 0 Å². The van der Waals surface area contributed by atoms with E-state index >= 15 is 0 Å². The Bertz CT molecular complexity index is 956. The highest BCUT2D eigenvalue weighted by Crippen LogP contribution is 2.29. The van der Waals surface area contributed by atoms with Gasteiger partial charge in [0.05, 0.1) is 12.0 Å². The van der Waals surface area contributed by atoms with Crippen LogP contribution in [0, 0.1) is 10.1 Å². The molecule has 3 amide bonds. The number of nitrogens with one attached hydrogen (secondary N) is 2. The van der Waals surface area contributed by atoms with E-state index in [-0.39, 0.29) is 18.3 Å². The van der Waals surface area contributed by atoms with Gasteiger partial charge in [-0.25, -0.2) is 9.69 Å². The number of quaternary nitrogens is 1. The van der Waals surface area contributed by atoms with E-state index in [4.69, 9.17) is 0 Å². The van der Waals surface area contributed by atoms with Crippen LogP contribution >= 0.6 is 0 Å². The molecule has 2 aromatic carbocycles. The number of imide groups is 1. The number of urea groups is 1. The second-order valence-corrected chi connectivity index (χ2v) is 8.28. The summed E-state index contributed by atoms with van der Waals surface area (Å²) in [5.41, 5.74) is 1.59. The van der Waals surface area contributed by atoms with Crippen molar-refractivity contribution in [3.63, 3.8) is 0 Å². The van der Waals surface area contributed by atoms with Crippen molar-refractivity contribution >= 4 is 17.6 Å². The molecule has 1 unspecified atom stereocenters. The number of amides is 3. The molecule has 0 bridgehead atoms. The number of non-ortho nitro benzene ring substituents is 1. The summed E-state index contributed by atoms with van der Waals surface area (Å²) >= 11 is 0. The molecule has 2 atom stereocenters. The van der Waals surface area contributed by atoms with Crippen LogP contribution in [-0.2, 0) is 16.9 Å². The predicted octanol–water partition coefficient (Wildman–Crippen LogP) is 2.16. The summed E-state index contributed by atoms with van der Waals surface area (Å²) in [5, 5.41) is 13.6. The number of nitro groups is 1. The normalized spacial score (nSPS) is 19.8. The zero-order valence-electron chi connectivity index (χ0n) is 17.6. The van der Waals surface area contributed by atoms with Crippen molar-refractivity contribution in [2.45, 2.75) is 38.8 Å². The first-order valence-electron chi connectivity index (χ1n) is 9.91. The number of benzene rings is 2. The van der Waals surface area contributed by atoms with E-state index in [2.05, 4.69) is 43.4 Å². The summed E-state index contributed by atoms with van der Waals surface area (Å²) in [6, 6.07) is 13.6. The smallest absolute Gasteiger partial charge is 0.319 e. The van der Waals surface area contributed by atoms with Gasteiger partial charge in [0, 0.05) is 17.7 Å². The Hall–Kier alpha value is -3.26. The molecule has 30 heavy (non-hydrogen) atoms. The predicted molar refractivity (Wildman–Crippen MR) is 112 cm³/mol. The summed E-state index contributed by atoms with van der Waals surface area (Å²) in [6.07, 6.45) is 0. The molecule has 2 N–H and O–H groups in total. The van der Waals surface area contributed by atoms with Crippen molar-refractivity contribution in [3.8, 4) is 0 Å². The van der Waals surface area contributed by atoms with Gasteiger partial charge in [0.15, 0.2) is 6.67 Å². The topological polar surface area (TPSA) is 97.0 Å². The van der Waals surface area contributed by atoms with E-state index in [9.17, 15) is 19.7 Å². The zero-order chi connectivity index (χ0) is 22.1. The molecule has 0 aromatic heterocycles. The maximum absolute atomic E-state index is 13.1. The standard InChI is InChI=1S/C22H26N4O4/c1-15(2)17-7-5-16(6-8-17)13-24(4)14-25-20(27)22(3,23-21(25)28)18-9-11-19(12-10-18)26(29)30/h5-12,15H,13-14H2,1-4H3,(H,23,28)/p+1/t22-/m1/s1. The minimum Gasteiger partial charge on any atom is -0.319 e. The molecule has 0 saturated carbocycles. The van der Waals surface area contributed by atoms with Gasteiger partial charge in [-0.3, -0.25) is 14.9 Å². The fraction of sp³-hybridized carbons (Fsp3) is 0.364. The van der Waals surface area contributed by atoms with Crippen molar-refractivity contribution in [2.24, 2.45) is 0 Å². The number of nitro benzene ring substituents is 1. The molecule has 0 spiro atoms. The molecule has 2 aromatic rings. The van der Waals surface area contributed by atoms with Crippen LogP contribution in [-0.4, -0.2) is 35.5 Å². The molecule has 3 rings (SSSR count). The van der Waals surface area contributed by atoms with Crippen LogP contribution in [0.15, 0.2) is 48.5 Å². The number of hydrogen-bond acceptors (Lipinski definition) is 4. The second-order valence-electron chi connectivity index (χ2n) is 8.28. The molecule has 8 nitrogen and oxygen atoms in total. The second kappa shape index (κ2) is 8.23.